The first-order valence-corrected chi connectivity index (χ1v) is 6.47. The number of hydrogen-bond donors (Lipinski definition) is 0. The molecule has 0 aliphatic carbocycles. The van der Waals surface area contributed by atoms with E-state index in [9.17, 15) is 4.79 Å². The number of carbonyl (C=O) groups is 1. The summed E-state index contributed by atoms with van der Waals surface area (Å²) in [6, 6.07) is 6.57. The third-order valence-electron chi connectivity index (χ3n) is 2.40. The van der Waals surface area contributed by atoms with Crippen LogP contribution < -0.4 is 0 Å². The van der Waals surface area contributed by atoms with Crippen LogP contribution in [-0.2, 0) is 14.2 Å². The number of benzene rings is 1. The molecular weight excluding hydrogens is 268 g/mol. The summed E-state index contributed by atoms with van der Waals surface area (Å²) in [5, 5.41) is 0.585. The van der Waals surface area contributed by atoms with Gasteiger partial charge in [-0.25, -0.2) is 4.79 Å². The van der Waals surface area contributed by atoms with Gasteiger partial charge in [-0.3, -0.25) is 0 Å². The fourth-order valence-electron chi connectivity index (χ4n) is 1.45. The minimum Gasteiger partial charge on any atom is -0.457 e. The maximum absolute atomic E-state index is 11.8. The molecule has 4 nitrogen and oxygen atoms in total. The van der Waals surface area contributed by atoms with Gasteiger partial charge in [-0.15, -0.1) is 0 Å². The Balaban J connectivity index is 2.37. The molecule has 0 N–H and O–H groups in total. The van der Waals surface area contributed by atoms with Crippen LogP contribution in [-0.4, -0.2) is 38.5 Å². The Bertz CT molecular complexity index is 391. The van der Waals surface area contributed by atoms with Crippen molar-refractivity contribution in [1.29, 1.82) is 0 Å². The molecule has 0 fully saturated rings. The largest absolute Gasteiger partial charge is 0.457 e. The molecule has 1 aromatic carbocycles. The van der Waals surface area contributed by atoms with Gasteiger partial charge in [0, 0.05) is 12.1 Å². The molecule has 0 spiro atoms. The van der Waals surface area contributed by atoms with E-state index in [0.717, 1.165) is 0 Å². The minimum atomic E-state index is -0.382. The fraction of sp³-hybridized carbons (Fsp3) is 0.500. The van der Waals surface area contributed by atoms with Crippen LogP contribution in [0.1, 0.15) is 24.2 Å². The number of hydrogen-bond acceptors (Lipinski definition) is 4. The summed E-state index contributed by atoms with van der Waals surface area (Å²) in [4.78, 5) is 11.8. The van der Waals surface area contributed by atoms with Crippen LogP contribution >= 0.6 is 11.6 Å². The third kappa shape index (κ3) is 6.05. The number of halogens is 1. The predicted octanol–water partition coefficient (Wildman–Crippen LogP) is 2.94. The number of esters is 1. The van der Waals surface area contributed by atoms with Gasteiger partial charge in [0.05, 0.1) is 24.9 Å². The number of rotatable bonds is 7. The summed E-state index contributed by atoms with van der Waals surface area (Å²) in [5.41, 5.74) is 0.473. The summed E-state index contributed by atoms with van der Waals surface area (Å²) in [6.07, 6.45) is -0.343. The second-order valence-corrected chi connectivity index (χ2v) is 4.76. The highest BCUT2D eigenvalue weighted by molar-refractivity contribution is 6.30. The van der Waals surface area contributed by atoms with Crippen molar-refractivity contribution < 1.29 is 19.0 Å². The van der Waals surface area contributed by atoms with E-state index in [1.165, 1.54) is 0 Å². The monoisotopic (exact) mass is 286 g/mol. The van der Waals surface area contributed by atoms with Crippen molar-refractivity contribution in [2.24, 2.45) is 0 Å². The Kier molecular flexibility index (Phi) is 6.84. The zero-order valence-corrected chi connectivity index (χ0v) is 12.1. The van der Waals surface area contributed by atoms with E-state index in [1.54, 1.807) is 38.3 Å². The van der Waals surface area contributed by atoms with Gasteiger partial charge in [-0.05, 0) is 38.1 Å². The molecule has 0 radical (unpaired) electrons. The number of methoxy groups -OCH3 is 1. The van der Waals surface area contributed by atoms with E-state index in [2.05, 4.69) is 0 Å². The Hall–Kier alpha value is -1.10. The molecule has 0 saturated heterocycles. The Labute approximate surface area is 118 Å². The maximum Gasteiger partial charge on any atom is 0.338 e. The molecule has 0 aliphatic rings. The molecule has 106 valence electrons. The van der Waals surface area contributed by atoms with Gasteiger partial charge in [0.1, 0.15) is 6.10 Å². The van der Waals surface area contributed by atoms with Crippen molar-refractivity contribution in [2.45, 2.75) is 26.1 Å². The van der Waals surface area contributed by atoms with E-state index in [1.807, 2.05) is 6.92 Å². The van der Waals surface area contributed by atoms with Crippen molar-refractivity contribution in [3.05, 3.63) is 34.9 Å². The number of carbonyl (C=O) groups excluding carboxylic acids is 1. The van der Waals surface area contributed by atoms with Crippen LogP contribution in [0.5, 0.6) is 0 Å². The van der Waals surface area contributed by atoms with Gasteiger partial charge in [-0.1, -0.05) is 11.6 Å². The van der Waals surface area contributed by atoms with E-state index in [-0.39, 0.29) is 18.2 Å². The molecule has 0 bridgehead atoms. The van der Waals surface area contributed by atoms with Gasteiger partial charge in [-0.2, -0.15) is 0 Å². The lowest BCUT2D eigenvalue weighted by Crippen LogP contribution is -2.25. The summed E-state index contributed by atoms with van der Waals surface area (Å²) < 4.78 is 15.7. The molecule has 5 heteroatoms. The topological polar surface area (TPSA) is 44.8 Å². The highest BCUT2D eigenvalue weighted by atomic mass is 35.5. The minimum absolute atomic E-state index is 0.0262. The molecule has 19 heavy (non-hydrogen) atoms. The zero-order chi connectivity index (χ0) is 14.3. The molecule has 0 aromatic heterocycles. The molecule has 1 rings (SSSR count). The maximum atomic E-state index is 11.8. The quantitative estimate of drug-likeness (QED) is 0.723. The van der Waals surface area contributed by atoms with Crippen molar-refractivity contribution in [3.63, 3.8) is 0 Å². The van der Waals surface area contributed by atoms with Gasteiger partial charge in [0.25, 0.3) is 0 Å². The van der Waals surface area contributed by atoms with Crippen molar-refractivity contribution in [3.8, 4) is 0 Å². The highest BCUT2D eigenvalue weighted by Gasteiger charge is 2.13. The molecule has 0 saturated carbocycles. The average molecular weight is 287 g/mol. The molecule has 0 aliphatic heterocycles. The summed E-state index contributed by atoms with van der Waals surface area (Å²) >= 11 is 5.75. The van der Waals surface area contributed by atoms with E-state index in [4.69, 9.17) is 25.8 Å². The van der Waals surface area contributed by atoms with E-state index in [0.29, 0.717) is 23.8 Å². The average Bonchev–Trinajstić information content (AvgIpc) is 2.37. The van der Waals surface area contributed by atoms with Crippen molar-refractivity contribution in [1.82, 2.24) is 0 Å². The first kappa shape index (κ1) is 16.0. The first-order valence-electron chi connectivity index (χ1n) is 6.10. The van der Waals surface area contributed by atoms with Gasteiger partial charge < -0.3 is 14.2 Å². The third-order valence-corrected chi connectivity index (χ3v) is 2.66. The molecular formula is C14H19ClO4. The second kappa shape index (κ2) is 8.15. The second-order valence-electron chi connectivity index (χ2n) is 4.32. The van der Waals surface area contributed by atoms with Crippen LogP contribution in [0.4, 0.5) is 0 Å². The van der Waals surface area contributed by atoms with Gasteiger partial charge in [0.15, 0.2) is 0 Å². The lowest BCUT2D eigenvalue weighted by molar-refractivity contribution is -0.0383. The summed E-state index contributed by atoms with van der Waals surface area (Å²) in [7, 11) is 1.61. The van der Waals surface area contributed by atoms with Gasteiger partial charge in [0.2, 0.25) is 0 Å². The van der Waals surface area contributed by atoms with Crippen molar-refractivity contribution >= 4 is 17.6 Å². The Morgan fingerprint density at radius 2 is 1.79 bits per heavy atom. The summed E-state index contributed by atoms with van der Waals surface area (Å²) in [6.45, 7) is 4.53. The Morgan fingerprint density at radius 1 is 1.16 bits per heavy atom. The Morgan fingerprint density at radius 3 is 2.37 bits per heavy atom. The molecule has 1 aromatic rings. The fourth-order valence-corrected chi connectivity index (χ4v) is 1.58. The highest BCUT2D eigenvalue weighted by Crippen LogP contribution is 2.11. The molecule has 2 atom stereocenters. The molecule has 0 heterocycles. The van der Waals surface area contributed by atoms with Crippen LogP contribution in [0.15, 0.2) is 24.3 Å². The lowest BCUT2D eigenvalue weighted by atomic mass is 10.2. The zero-order valence-electron chi connectivity index (χ0n) is 11.4. The standard InChI is InChI=1S/C14H19ClO4/c1-10(8-17-3)18-9-11(2)19-14(16)12-4-6-13(15)7-5-12/h4-7,10-11H,8-9H2,1-3H3. The number of ether oxygens (including phenoxy) is 3. The van der Waals surface area contributed by atoms with Gasteiger partial charge >= 0.3 is 5.97 Å². The smallest absolute Gasteiger partial charge is 0.338 e. The van der Waals surface area contributed by atoms with Crippen LogP contribution in [0.2, 0.25) is 5.02 Å². The first-order chi connectivity index (χ1) is 9.02. The molecule has 2 unspecified atom stereocenters. The lowest BCUT2D eigenvalue weighted by Gasteiger charge is -2.17. The van der Waals surface area contributed by atoms with Crippen LogP contribution in [0.3, 0.4) is 0 Å². The normalized spacial score (nSPS) is 13.9. The predicted molar refractivity (Wildman–Crippen MR) is 73.6 cm³/mol. The summed E-state index contributed by atoms with van der Waals surface area (Å²) in [5.74, 6) is -0.382. The molecule has 0 amide bonds. The van der Waals surface area contributed by atoms with Crippen LogP contribution in [0.25, 0.3) is 0 Å². The SMILES string of the molecule is COCC(C)OCC(C)OC(=O)c1ccc(Cl)cc1. The van der Waals surface area contributed by atoms with Crippen molar-refractivity contribution in [2.75, 3.05) is 20.3 Å². The van der Waals surface area contributed by atoms with E-state index < -0.39 is 0 Å². The van der Waals surface area contributed by atoms with Crippen LogP contribution in [0, 0.1) is 0 Å². The van der Waals surface area contributed by atoms with E-state index >= 15 is 0 Å².